The van der Waals surface area contributed by atoms with E-state index in [4.69, 9.17) is 0 Å². The van der Waals surface area contributed by atoms with Crippen molar-refractivity contribution in [3.8, 4) is 0 Å². The molecule has 1 aromatic heterocycles. The first-order chi connectivity index (χ1) is 9.26. The van der Waals surface area contributed by atoms with Crippen LogP contribution in [-0.4, -0.2) is 51.5 Å². The van der Waals surface area contributed by atoms with Crippen LogP contribution in [-0.2, 0) is 19.4 Å². The summed E-state index contributed by atoms with van der Waals surface area (Å²) in [6, 6.07) is 0. The average molecular weight is 264 g/mol. The van der Waals surface area contributed by atoms with Gasteiger partial charge in [0.1, 0.15) is 11.6 Å². The highest BCUT2D eigenvalue weighted by Gasteiger charge is 2.25. The summed E-state index contributed by atoms with van der Waals surface area (Å²) in [7, 11) is 2.21. The van der Waals surface area contributed by atoms with Crippen molar-refractivity contribution >= 4 is 0 Å². The average Bonchev–Trinajstić information content (AvgIpc) is 2.81. The molecule has 1 N–H and O–H groups in total. The number of fused-ring (bicyclic) bond motifs is 1. The van der Waals surface area contributed by atoms with E-state index >= 15 is 0 Å². The Morgan fingerprint density at radius 2 is 2.11 bits per heavy atom. The summed E-state index contributed by atoms with van der Waals surface area (Å²) >= 11 is 0. The molecule has 1 aromatic rings. The molecule has 106 valence electrons. The molecule has 3 heterocycles. The van der Waals surface area contributed by atoms with Gasteiger partial charge in [-0.05, 0) is 44.7 Å². The molecule has 5 nitrogen and oxygen atoms in total. The first-order valence-corrected chi connectivity index (χ1v) is 7.46. The van der Waals surface area contributed by atoms with Gasteiger partial charge in [-0.1, -0.05) is 0 Å². The molecule has 19 heavy (non-hydrogen) atoms. The third-order valence-corrected chi connectivity index (χ3v) is 4.59. The van der Waals surface area contributed by atoms with Gasteiger partial charge in [-0.25, -0.2) is 0 Å². The molecule has 0 aliphatic carbocycles. The zero-order chi connectivity index (χ0) is 13.2. The van der Waals surface area contributed by atoms with Gasteiger partial charge in [-0.2, -0.15) is 0 Å². The predicted octanol–water partition coefficient (Wildman–Crippen LogP) is 0.717. The molecule has 5 heteroatoms. The smallest absolute Gasteiger partial charge is 0.133 e. The van der Waals surface area contributed by atoms with Crippen molar-refractivity contribution in [3.05, 3.63) is 11.6 Å². The summed E-state index contributed by atoms with van der Waals surface area (Å²) < 4.78 is 2.29. The highest BCUT2D eigenvalue weighted by atomic mass is 16.3. The van der Waals surface area contributed by atoms with E-state index in [0.29, 0.717) is 5.92 Å². The lowest BCUT2D eigenvalue weighted by atomic mass is 9.94. The van der Waals surface area contributed by atoms with Crippen LogP contribution in [0.2, 0.25) is 0 Å². The van der Waals surface area contributed by atoms with E-state index in [1.54, 1.807) is 0 Å². The number of aliphatic hydroxyl groups is 1. The Balaban J connectivity index is 1.67. The van der Waals surface area contributed by atoms with Gasteiger partial charge in [0.05, 0.1) is 0 Å². The third-order valence-electron chi connectivity index (χ3n) is 4.59. The van der Waals surface area contributed by atoms with Gasteiger partial charge in [-0.15, -0.1) is 10.2 Å². The van der Waals surface area contributed by atoms with Crippen molar-refractivity contribution in [1.82, 2.24) is 19.7 Å². The molecule has 2 unspecified atom stereocenters. The maximum absolute atomic E-state index is 9.25. The van der Waals surface area contributed by atoms with E-state index < -0.39 is 0 Å². The van der Waals surface area contributed by atoms with Crippen molar-refractivity contribution < 1.29 is 5.11 Å². The van der Waals surface area contributed by atoms with Crippen molar-refractivity contribution in [2.75, 3.05) is 26.7 Å². The second-order valence-electron chi connectivity index (χ2n) is 6.20. The first-order valence-electron chi connectivity index (χ1n) is 7.46. The second-order valence-corrected chi connectivity index (χ2v) is 6.20. The van der Waals surface area contributed by atoms with Gasteiger partial charge >= 0.3 is 0 Å². The summed E-state index contributed by atoms with van der Waals surface area (Å²) in [6.45, 7) is 3.66. The van der Waals surface area contributed by atoms with Gasteiger partial charge in [0.25, 0.3) is 0 Å². The number of hydrogen-bond donors (Lipinski definition) is 1. The van der Waals surface area contributed by atoms with Gasteiger partial charge in [0.15, 0.2) is 0 Å². The molecule has 0 spiro atoms. The van der Waals surface area contributed by atoms with Crippen molar-refractivity contribution in [3.63, 3.8) is 0 Å². The molecule has 2 aliphatic heterocycles. The molecule has 2 aliphatic rings. The lowest BCUT2D eigenvalue weighted by Gasteiger charge is -2.30. The van der Waals surface area contributed by atoms with Gasteiger partial charge in [-0.3, -0.25) is 0 Å². The standard InChI is InChI=1S/C14H24N4O/c1-17-5-2-3-11(9-17)7-13-15-16-14-8-12(10-19)4-6-18(13)14/h11-12,19H,2-10H2,1H3. The first kappa shape index (κ1) is 13.1. The Morgan fingerprint density at radius 3 is 2.89 bits per heavy atom. The second kappa shape index (κ2) is 5.59. The summed E-state index contributed by atoms with van der Waals surface area (Å²) in [5.41, 5.74) is 0. The zero-order valence-electron chi connectivity index (χ0n) is 11.8. The number of aliphatic hydroxyl groups excluding tert-OH is 1. The van der Waals surface area contributed by atoms with Crippen LogP contribution in [0.1, 0.15) is 30.9 Å². The van der Waals surface area contributed by atoms with E-state index in [1.807, 2.05) is 0 Å². The zero-order valence-corrected chi connectivity index (χ0v) is 11.8. The van der Waals surface area contributed by atoms with Crippen LogP contribution in [0, 0.1) is 11.8 Å². The van der Waals surface area contributed by atoms with Gasteiger partial charge in [0.2, 0.25) is 0 Å². The summed E-state index contributed by atoms with van der Waals surface area (Å²) in [5, 5.41) is 18.0. The fourth-order valence-electron chi connectivity index (χ4n) is 3.46. The Kier molecular flexibility index (Phi) is 3.84. The number of hydrogen-bond acceptors (Lipinski definition) is 4. The van der Waals surface area contributed by atoms with E-state index in [1.165, 1.54) is 25.9 Å². The highest BCUT2D eigenvalue weighted by molar-refractivity contribution is 5.02. The molecular formula is C14H24N4O. The van der Waals surface area contributed by atoms with Crippen LogP contribution < -0.4 is 0 Å². The van der Waals surface area contributed by atoms with E-state index in [9.17, 15) is 5.11 Å². The maximum atomic E-state index is 9.25. The van der Waals surface area contributed by atoms with Crippen LogP contribution in [0.4, 0.5) is 0 Å². The Labute approximate surface area is 114 Å². The van der Waals surface area contributed by atoms with Crippen LogP contribution in [0.3, 0.4) is 0 Å². The molecule has 1 saturated heterocycles. The number of nitrogens with zero attached hydrogens (tertiary/aromatic N) is 4. The largest absolute Gasteiger partial charge is 0.396 e. The molecular weight excluding hydrogens is 240 g/mol. The minimum absolute atomic E-state index is 0.273. The fourth-order valence-corrected chi connectivity index (χ4v) is 3.46. The van der Waals surface area contributed by atoms with E-state index in [2.05, 4.69) is 26.7 Å². The molecule has 0 amide bonds. The van der Waals surface area contributed by atoms with Crippen molar-refractivity contribution in [2.24, 2.45) is 11.8 Å². The highest BCUT2D eigenvalue weighted by Crippen LogP contribution is 2.23. The quantitative estimate of drug-likeness (QED) is 0.874. The molecule has 0 aromatic carbocycles. The molecule has 0 bridgehead atoms. The molecule has 1 fully saturated rings. The number of piperidine rings is 1. The summed E-state index contributed by atoms with van der Waals surface area (Å²) in [5.74, 6) is 3.34. The van der Waals surface area contributed by atoms with Crippen LogP contribution in [0.5, 0.6) is 0 Å². The topological polar surface area (TPSA) is 54.2 Å². The van der Waals surface area contributed by atoms with Crippen LogP contribution >= 0.6 is 0 Å². The predicted molar refractivity (Wildman–Crippen MR) is 72.8 cm³/mol. The van der Waals surface area contributed by atoms with Gasteiger partial charge < -0.3 is 14.6 Å². The lowest BCUT2D eigenvalue weighted by Crippen LogP contribution is -2.33. The summed E-state index contributed by atoms with van der Waals surface area (Å²) in [6.07, 6.45) is 5.61. The molecule has 2 atom stereocenters. The molecule has 0 radical (unpaired) electrons. The lowest BCUT2D eigenvalue weighted by molar-refractivity contribution is 0.194. The van der Waals surface area contributed by atoms with Crippen molar-refractivity contribution in [2.45, 2.75) is 38.6 Å². The normalized spacial score (nSPS) is 28.3. The van der Waals surface area contributed by atoms with E-state index in [0.717, 1.165) is 43.4 Å². The Morgan fingerprint density at radius 1 is 1.21 bits per heavy atom. The van der Waals surface area contributed by atoms with E-state index in [-0.39, 0.29) is 6.61 Å². The minimum atomic E-state index is 0.273. The minimum Gasteiger partial charge on any atom is -0.396 e. The fraction of sp³-hybridized carbons (Fsp3) is 0.857. The van der Waals surface area contributed by atoms with Crippen LogP contribution in [0.25, 0.3) is 0 Å². The molecule has 3 rings (SSSR count). The Hall–Kier alpha value is -0.940. The van der Waals surface area contributed by atoms with Crippen LogP contribution in [0.15, 0.2) is 0 Å². The SMILES string of the molecule is CN1CCCC(Cc2nnc3n2CCC(CO)C3)C1. The maximum Gasteiger partial charge on any atom is 0.133 e. The Bertz CT molecular complexity index is 431. The summed E-state index contributed by atoms with van der Waals surface area (Å²) in [4.78, 5) is 2.42. The number of likely N-dealkylation sites (tertiary alicyclic amines) is 1. The number of rotatable bonds is 3. The molecule has 0 saturated carbocycles. The third kappa shape index (κ3) is 2.82. The van der Waals surface area contributed by atoms with Crippen molar-refractivity contribution in [1.29, 1.82) is 0 Å². The number of aromatic nitrogens is 3. The monoisotopic (exact) mass is 264 g/mol. The van der Waals surface area contributed by atoms with Gasteiger partial charge in [0, 0.05) is 32.5 Å².